The van der Waals surface area contributed by atoms with Gasteiger partial charge in [0.05, 0.1) is 0 Å². The van der Waals surface area contributed by atoms with Crippen LogP contribution in [0.4, 0.5) is 0 Å². The van der Waals surface area contributed by atoms with Crippen molar-refractivity contribution in [2.45, 2.75) is 46.5 Å². The van der Waals surface area contributed by atoms with Crippen molar-refractivity contribution < 1.29 is 14.3 Å². The van der Waals surface area contributed by atoms with Crippen molar-refractivity contribution in [1.29, 1.82) is 0 Å². The molecule has 0 radical (unpaired) electrons. The number of aryl methyl sites for hydroxylation is 1. The third kappa shape index (κ3) is 6.72. The highest BCUT2D eigenvalue weighted by atomic mass is 16.5. The largest absolute Gasteiger partial charge is 0.483 e. The highest BCUT2D eigenvalue weighted by Gasteiger charge is 2.19. The zero-order valence-corrected chi connectivity index (χ0v) is 14.8. The Morgan fingerprint density at radius 2 is 1.70 bits per heavy atom. The van der Waals surface area contributed by atoms with Crippen LogP contribution >= 0.6 is 0 Å². The zero-order chi connectivity index (χ0) is 17.5. The fourth-order valence-corrected chi connectivity index (χ4v) is 2.08. The summed E-state index contributed by atoms with van der Waals surface area (Å²) in [4.78, 5) is 22.9. The molecule has 1 rings (SSSR count). The van der Waals surface area contributed by atoms with Crippen molar-refractivity contribution in [3.05, 3.63) is 29.3 Å². The monoisotopic (exact) mass is 320 g/mol. The smallest absolute Gasteiger partial charge is 0.258 e. The third-order valence-electron chi connectivity index (χ3n) is 3.39. The summed E-state index contributed by atoms with van der Waals surface area (Å²) in [6.45, 7) is 11.0. The Kier molecular flexibility index (Phi) is 7.07. The second-order valence-corrected chi connectivity index (χ2v) is 6.59. The maximum atomic E-state index is 11.8. The lowest BCUT2D eigenvalue weighted by Gasteiger charge is -2.23. The van der Waals surface area contributed by atoms with Gasteiger partial charge in [-0.1, -0.05) is 45.4 Å². The van der Waals surface area contributed by atoms with Gasteiger partial charge in [0.1, 0.15) is 5.75 Å². The topological polar surface area (TPSA) is 67.4 Å². The van der Waals surface area contributed by atoms with Crippen LogP contribution in [0.3, 0.4) is 0 Å². The molecule has 5 heteroatoms. The Balaban J connectivity index is 2.49. The lowest BCUT2D eigenvalue weighted by Crippen LogP contribution is -2.36. The molecule has 0 saturated heterocycles. The van der Waals surface area contributed by atoms with Crippen molar-refractivity contribution in [3.8, 4) is 5.75 Å². The van der Waals surface area contributed by atoms with E-state index in [0.29, 0.717) is 19.5 Å². The molecule has 23 heavy (non-hydrogen) atoms. The molecular weight excluding hydrogens is 292 g/mol. The summed E-state index contributed by atoms with van der Waals surface area (Å²) in [5.74, 6) is 0.513. The molecular formula is C18H28N2O3. The zero-order valence-electron chi connectivity index (χ0n) is 14.8. The second kappa shape index (κ2) is 8.56. The number of nitrogens with one attached hydrogen (secondary N) is 2. The standard InChI is InChI=1S/C18H28N2O3/c1-6-16(21)19-9-10-20-17(22)12-23-15-8-7-13(2)11-14(15)18(3,4)5/h7-8,11H,6,9-10,12H2,1-5H3,(H,19,21)(H,20,22). The first-order valence-electron chi connectivity index (χ1n) is 8.01. The first-order valence-corrected chi connectivity index (χ1v) is 8.01. The molecule has 1 aromatic carbocycles. The van der Waals surface area contributed by atoms with Crippen LogP contribution in [-0.4, -0.2) is 31.5 Å². The van der Waals surface area contributed by atoms with Crippen LogP contribution in [0.25, 0.3) is 0 Å². The van der Waals surface area contributed by atoms with E-state index in [1.807, 2.05) is 19.1 Å². The molecule has 5 nitrogen and oxygen atoms in total. The van der Waals surface area contributed by atoms with Crippen LogP contribution in [-0.2, 0) is 15.0 Å². The van der Waals surface area contributed by atoms with Crippen molar-refractivity contribution >= 4 is 11.8 Å². The lowest BCUT2D eigenvalue weighted by molar-refractivity contribution is -0.124. The van der Waals surface area contributed by atoms with Gasteiger partial charge in [0.25, 0.3) is 5.91 Å². The summed E-state index contributed by atoms with van der Waals surface area (Å²) >= 11 is 0. The molecule has 128 valence electrons. The molecule has 0 spiro atoms. The Bertz CT molecular complexity index is 548. The van der Waals surface area contributed by atoms with Gasteiger partial charge in [-0.05, 0) is 24.0 Å². The first-order chi connectivity index (χ1) is 10.7. The van der Waals surface area contributed by atoms with E-state index in [2.05, 4.69) is 37.5 Å². The van der Waals surface area contributed by atoms with Crippen LogP contribution in [0.1, 0.15) is 45.2 Å². The Labute approximate surface area is 138 Å². The highest BCUT2D eigenvalue weighted by molar-refractivity contribution is 5.78. The number of ether oxygens (including phenoxy) is 1. The predicted octanol–water partition coefficient (Wildman–Crippen LogP) is 2.31. The number of benzene rings is 1. The molecule has 0 aromatic heterocycles. The van der Waals surface area contributed by atoms with Gasteiger partial charge in [0.15, 0.2) is 6.61 Å². The van der Waals surface area contributed by atoms with Gasteiger partial charge in [-0.2, -0.15) is 0 Å². The SMILES string of the molecule is CCC(=O)NCCNC(=O)COc1ccc(C)cc1C(C)(C)C. The van der Waals surface area contributed by atoms with Crippen LogP contribution in [0, 0.1) is 6.92 Å². The number of amides is 2. The van der Waals surface area contributed by atoms with Gasteiger partial charge < -0.3 is 15.4 Å². The maximum Gasteiger partial charge on any atom is 0.258 e. The lowest BCUT2D eigenvalue weighted by atomic mass is 9.85. The first kappa shape index (κ1) is 19.0. The molecule has 0 heterocycles. The predicted molar refractivity (Wildman–Crippen MR) is 91.7 cm³/mol. The van der Waals surface area contributed by atoms with Gasteiger partial charge in [-0.15, -0.1) is 0 Å². The van der Waals surface area contributed by atoms with Crippen molar-refractivity contribution in [2.75, 3.05) is 19.7 Å². The van der Waals surface area contributed by atoms with E-state index in [9.17, 15) is 9.59 Å². The van der Waals surface area contributed by atoms with E-state index in [1.54, 1.807) is 6.92 Å². The fourth-order valence-electron chi connectivity index (χ4n) is 2.08. The number of carbonyl (C=O) groups excluding carboxylic acids is 2. The normalized spacial score (nSPS) is 11.0. The van der Waals surface area contributed by atoms with E-state index in [1.165, 1.54) is 5.56 Å². The van der Waals surface area contributed by atoms with Crippen LogP contribution in [0.2, 0.25) is 0 Å². The molecule has 0 aliphatic heterocycles. The highest BCUT2D eigenvalue weighted by Crippen LogP contribution is 2.32. The van der Waals surface area contributed by atoms with E-state index in [0.717, 1.165) is 11.3 Å². The maximum absolute atomic E-state index is 11.8. The molecule has 0 atom stereocenters. The van der Waals surface area contributed by atoms with E-state index < -0.39 is 0 Å². The Hall–Kier alpha value is -2.04. The average molecular weight is 320 g/mol. The number of carbonyl (C=O) groups is 2. The number of rotatable bonds is 7. The Morgan fingerprint density at radius 3 is 2.26 bits per heavy atom. The molecule has 0 fully saturated rings. The van der Waals surface area contributed by atoms with Crippen molar-refractivity contribution in [3.63, 3.8) is 0 Å². The second-order valence-electron chi connectivity index (χ2n) is 6.59. The summed E-state index contributed by atoms with van der Waals surface area (Å²) in [7, 11) is 0. The minimum atomic E-state index is -0.198. The van der Waals surface area contributed by atoms with Crippen LogP contribution < -0.4 is 15.4 Å². The van der Waals surface area contributed by atoms with Crippen LogP contribution in [0.5, 0.6) is 5.75 Å². The third-order valence-corrected chi connectivity index (χ3v) is 3.39. The minimum Gasteiger partial charge on any atom is -0.483 e. The molecule has 0 aliphatic carbocycles. The van der Waals surface area contributed by atoms with E-state index in [4.69, 9.17) is 4.74 Å². The summed E-state index contributed by atoms with van der Waals surface area (Å²) in [5.41, 5.74) is 2.20. The molecule has 0 saturated carbocycles. The van der Waals surface area contributed by atoms with Gasteiger partial charge in [-0.3, -0.25) is 9.59 Å². The minimum absolute atomic E-state index is 0.0232. The number of hydrogen-bond donors (Lipinski definition) is 2. The van der Waals surface area contributed by atoms with E-state index >= 15 is 0 Å². The summed E-state index contributed by atoms with van der Waals surface area (Å²) < 4.78 is 5.68. The van der Waals surface area contributed by atoms with Gasteiger partial charge in [0, 0.05) is 19.5 Å². The average Bonchev–Trinajstić information content (AvgIpc) is 2.49. The fraction of sp³-hybridized carbons (Fsp3) is 0.556. The number of hydrogen-bond acceptors (Lipinski definition) is 3. The molecule has 0 aliphatic rings. The van der Waals surface area contributed by atoms with Crippen molar-refractivity contribution in [2.24, 2.45) is 0 Å². The summed E-state index contributed by atoms with van der Waals surface area (Å²) in [6.07, 6.45) is 0.445. The summed E-state index contributed by atoms with van der Waals surface area (Å²) in [5, 5.41) is 5.43. The molecule has 0 unspecified atom stereocenters. The molecule has 2 amide bonds. The Morgan fingerprint density at radius 1 is 1.09 bits per heavy atom. The molecule has 0 bridgehead atoms. The molecule has 2 N–H and O–H groups in total. The summed E-state index contributed by atoms with van der Waals surface area (Å²) in [6, 6.07) is 5.97. The van der Waals surface area contributed by atoms with E-state index in [-0.39, 0.29) is 23.8 Å². The van der Waals surface area contributed by atoms with Crippen LogP contribution in [0.15, 0.2) is 18.2 Å². The van der Waals surface area contributed by atoms with Gasteiger partial charge in [0.2, 0.25) is 5.91 Å². The quantitative estimate of drug-likeness (QED) is 0.758. The van der Waals surface area contributed by atoms with Gasteiger partial charge >= 0.3 is 0 Å². The van der Waals surface area contributed by atoms with Crippen molar-refractivity contribution in [1.82, 2.24) is 10.6 Å². The molecule has 1 aromatic rings. The van der Waals surface area contributed by atoms with Gasteiger partial charge in [-0.25, -0.2) is 0 Å².